The van der Waals surface area contributed by atoms with Gasteiger partial charge in [-0.2, -0.15) is 0 Å². The van der Waals surface area contributed by atoms with Gasteiger partial charge < -0.3 is 5.11 Å². The van der Waals surface area contributed by atoms with E-state index in [0.717, 1.165) is 10.1 Å². The third-order valence-electron chi connectivity index (χ3n) is 3.91. The van der Waals surface area contributed by atoms with Gasteiger partial charge in [-0.3, -0.25) is 9.36 Å². The first kappa shape index (κ1) is 14.9. The van der Waals surface area contributed by atoms with Crippen molar-refractivity contribution in [2.24, 2.45) is 0 Å². The van der Waals surface area contributed by atoms with Gasteiger partial charge in [-0.05, 0) is 12.1 Å². The molecule has 1 aromatic carbocycles. The fourth-order valence-corrected chi connectivity index (χ4v) is 4.27. The lowest BCUT2D eigenvalue weighted by molar-refractivity contribution is 0.0696. The Hall–Kier alpha value is -2.63. The van der Waals surface area contributed by atoms with Crippen LogP contribution in [0.5, 0.6) is 0 Å². The van der Waals surface area contributed by atoms with Crippen LogP contribution in [-0.4, -0.2) is 15.6 Å². The summed E-state index contributed by atoms with van der Waals surface area (Å²) in [4.78, 5) is 24.5. The normalized spacial score (nSPS) is 11.2. The first-order valence-electron chi connectivity index (χ1n) is 7.14. The quantitative estimate of drug-likeness (QED) is 0.575. The molecule has 2 heterocycles. The van der Waals surface area contributed by atoms with Crippen molar-refractivity contribution in [3.63, 3.8) is 0 Å². The summed E-state index contributed by atoms with van der Waals surface area (Å²) < 4.78 is 2.80. The van der Waals surface area contributed by atoms with Gasteiger partial charge in [0.25, 0.3) is 5.56 Å². The van der Waals surface area contributed by atoms with Gasteiger partial charge in [0.05, 0.1) is 11.4 Å². The maximum Gasteiger partial charge on any atom is 0.342 e. The van der Waals surface area contributed by atoms with Gasteiger partial charge in [0.15, 0.2) is 0 Å². The fraction of sp³-hybridized carbons (Fsp3) is 0. The maximum absolute atomic E-state index is 12.9. The van der Waals surface area contributed by atoms with Crippen molar-refractivity contribution < 1.29 is 9.90 Å². The van der Waals surface area contributed by atoms with Gasteiger partial charge in [-0.15, -0.1) is 11.3 Å². The van der Waals surface area contributed by atoms with Crippen LogP contribution in [0.1, 0.15) is 10.4 Å². The number of benzene rings is 1. The van der Waals surface area contributed by atoms with Crippen molar-refractivity contribution >= 4 is 39.0 Å². The summed E-state index contributed by atoms with van der Waals surface area (Å²) >= 11 is 7.77. The smallest absolute Gasteiger partial charge is 0.342 e. The predicted octanol–water partition coefficient (Wildman–Crippen LogP) is 4.51. The van der Waals surface area contributed by atoms with Gasteiger partial charge >= 0.3 is 5.97 Å². The number of aromatic carboxylic acids is 1. The van der Waals surface area contributed by atoms with Gasteiger partial charge in [0.2, 0.25) is 0 Å². The van der Waals surface area contributed by atoms with E-state index in [1.807, 2.05) is 24.3 Å². The number of carbonyl (C=O) groups is 1. The van der Waals surface area contributed by atoms with Gasteiger partial charge in [0.1, 0.15) is 9.90 Å². The summed E-state index contributed by atoms with van der Waals surface area (Å²) in [7, 11) is 0. The van der Waals surface area contributed by atoms with Crippen LogP contribution < -0.4 is 5.56 Å². The highest BCUT2D eigenvalue weighted by Gasteiger charge is 2.27. The van der Waals surface area contributed by atoms with Crippen molar-refractivity contribution in [1.82, 2.24) is 4.57 Å². The summed E-state index contributed by atoms with van der Waals surface area (Å²) in [6, 6.07) is 16.2. The lowest BCUT2D eigenvalue weighted by Crippen LogP contribution is -2.18. The number of rotatable bonds is 2. The number of nitrogens with zero attached hydrogens (tertiary/aromatic N) is 1. The minimum absolute atomic E-state index is 0.243. The van der Waals surface area contributed by atoms with Crippen molar-refractivity contribution in [2.75, 3.05) is 0 Å². The number of carboxylic acids is 1. The van der Waals surface area contributed by atoms with Gasteiger partial charge in [0, 0.05) is 15.6 Å². The molecule has 0 atom stereocenters. The molecule has 1 N–H and O–H groups in total. The third-order valence-corrected chi connectivity index (χ3v) is 5.27. The third kappa shape index (κ3) is 2.06. The molecule has 2 aromatic rings. The highest BCUT2D eigenvalue weighted by molar-refractivity contribution is 7.23. The lowest BCUT2D eigenvalue weighted by atomic mass is 10.1. The summed E-state index contributed by atoms with van der Waals surface area (Å²) in [6.07, 6.45) is 0. The summed E-state index contributed by atoms with van der Waals surface area (Å²) in [5.41, 5.74) is 0.629. The molecule has 1 aromatic heterocycles. The van der Waals surface area contributed by atoms with Crippen LogP contribution in [0.15, 0.2) is 59.4 Å². The Kier molecular flexibility index (Phi) is 3.40. The molecule has 4 nitrogen and oxygen atoms in total. The van der Waals surface area contributed by atoms with Crippen LogP contribution in [0, 0.1) is 0 Å². The monoisotopic (exact) mass is 355 g/mol. The molecule has 0 bridgehead atoms. The second kappa shape index (κ2) is 5.47. The molecule has 2 aliphatic rings. The van der Waals surface area contributed by atoms with Crippen molar-refractivity contribution in [2.45, 2.75) is 0 Å². The standard InChI is InChI=1S/C18H10ClNO3S/c19-16-15(11-7-4-5-9-13(11)24-16)20-12-8-3-1-2-6-10(12)14(17(20)21)18(22)23/h1-9H,(H,22,23). The molecule has 0 amide bonds. The Morgan fingerprint density at radius 2 is 1.75 bits per heavy atom. The molecular weight excluding hydrogens is 346 g/mol. The molecule has 0 spiro atoms. The largest absolute Gasteiger partial charge is 0.477 e. The van der Waals surface area contributed by atoms with Crippen LogP contribution in [0.2, 0.25) is 4.34 Å². The highest BCUT2D eigenvalue weighted by Crippen LogP contribution is 2.40. The lowest BCUT2D eigenvalue weighted by Gasteiger charge is -2.05. The first-order chi connectivity index (χ1) is 11.6. The number of carboxylic acid groups (broad SMARTS) is 1. The van der Waals surface area contributed by atoms with Crippen LogP contribution in [0.3, 0.4) is 0 Å². The summed E-state index contributed by atoms with van der Waals surface area (Å²) in [6.45, 7) is 0. The fourth-order valence-electron chi connectivity index (χ4n) is 2.92. The first-order valence-corrected chi connectivity index (χ1v) is 8.33. The average molecular weight is 356 g/mol. The van der Waals surface area contributed by atoms with Gasteiger partial charge in [-0.25, -0.2) is 4.79 Å². The van der Waals surface area contributed by atoms with Crippen LogP contribution in [-0.2, 0) is 0 Å². The molecule has 0 unspecified atom stereocenters. The van der Waals surface area contributed by atoms with E-state index in [1.54, 1.807) is 30.3 Å². The number of aromatic nitrogens is 1. The Morgan fingerprint density at radius 3 is 2.54 bits per heavy atom. The molecule has 6 heteroatoms. The summed E-state index contributed by atoms with van der Waals surface area (Å²) in [5.74, 6) is -1.24. The van der Waals surface area contributed by atoms with E-state index in [1.165, 1.54) is 15.9 Å². The van der Waals surface area contributed by atoms with Crippen LogP contribution >= 0.6 is 22.9 Å². The number of fused-ring (bicyclic) bond motifs is 2. The second-order valence-electron chi connectivity index (χ2n) is 5.25. The molecular formula is C18H10ClNO3S. The van der Waals surface area contributed by atoms with Crippen molar-refractivity contribution in [1.29, 1.82) is 0 Å². The van der Waals surface area contributed by atoms with E-state index < -0.39 is 11.5 Å². The molecule has 4 rings (SSSR count). The van der Waals surface area contributed by atoms with E-state index in [-0.39, 0.29) is 5.56 Å². The van der Waals surface area contributed by atoms with Gasteiger partial charge in [-0.1, -0.05) is 54.1 Å². The van der Waals surface area contributed by atoms with E-state index in [4.69, 9.17) is 11.6 Å². The van der Waals surface area contributed by atoms with Crippen molar-refractivity contribution in [3.05, 3.63) is 74.9 Å². The van der Waals surface area contributed by atoms with E-state index >= 15 is 0 Å². The molecule has 0 saturated carbocycles. The highest BCUT2D eigenvalue weighted by atomic mass is 35.5. The number of hydrogen-bond donors (Lipinski definition) is 1. The average Bonchev–Trinajstić information content (AvgIpc) is 2.88. The molecule has 0 fully saturated rings. The molecule has 0 radical (unpaired) electrons. The zero-order chi connectivity index (χ0) is 16.8. The summed E-state index contributed by atoms with van der Waals surface area (Å²) in [5, 5.41) is 10.3. The topological polar surface area (TPSA) is 59.3 Å². The van der Waals surface area contributed by atoms with E-state index in [2.05, 4.69) is 0 Å². The van der Waals surface area contributed by atoms with Crippen LogP contribution in [0.25, 0.3) is 27.0 Å². The molecule has 118 valence electrons. The molecule has 1 aliphatic carbocycles. The second-order valence-corrected chi connectivity index (χ2v) is 6.91. The Labute approximate surface area is 145 Å². The molecule has 0 saturated heterocycles. The Morgan fingerprint density at radius 1 is 1.04 bits per heavy atom. The molecule has 1 aliphatic heterocycles. The van der Waals surface area contributed by atoms with E-state index in [0.29, 0.717) is 21.3 Å². The number of halogens is 1. The maximum atomic E-state index is 12.9. The predicted molar refractivity (Wildman–Crippen MR) is 96.0 cm³/mol. The number of hydrogen-bond acceptors (Lipinski definition) is 3. The Bertz CT molecular complexity index is 1130. The Balaban J connectivity index is 2.19. The minimum Gasteiger partial charge on any atom is -0.477 e. The minimum atomic E-state index is -1.24. The van der Waals surface area contributed by atoms with E-state index in [9.17, 15) is 14.7 Å². The zero-order valence-electron chi connectivity index (χ0n) is 12.2. The van der Waals surface area contributed by atoms with Crippen LogP contribution in [0.4, 0.5) is 0 Å². The SMILES string of the molecule is O=C(O)c1c2cccccc-2n(-c2c(Cl)sc3ccccc23)c1=O. The number of thiophene rings is 1. The zero-order valence-corrected chi connectivity index (χ0v) is 13.8. The molecule has 24 heavy (non-hydrogen) atoms. The van der Waals surface area contributed by atoms with Crippen molar-refractivity contribution in [3.8, 4) is 16.9 Å².